The predicted octanol–water partition coefficient (Wildman–Crippen LogP) is 2.00. The van der Waals surface area contributed by atoms with E-state index in [1.165, 1.54) is 10.8 Å². The fourth-order valence-electron chi connectivity index (χ4n) is 3.06. The third-order valence-corrected chi connectivity index (χ3v) is 4.53. The summed E-state index contributed by atoms with van der Waals surface area (Å²) in [4.78, 5) is 31.8. The highest BCUT2D eigenvalue weighted by Gasteiger charge is 2.13. The first-order valence-corrected chi connectivity index (χ1v) is 9.68. The van der Waals surface area contributed by atoms with E-state index >= 15 is 0 Å². The molecule has 4 rings (SSSR count). The zero-order valence-electron chi connectivity index (χ0n) is 17.0. The summed E-state index contributed by atoms with van der Waals surface area (Å²) < 4.78 is 31.4. The van der Waals surface area contributed by atoms with Gasteiger partial charge in [-0.1, -0.05) is 6.07 Å². The number of nitrogens with zero attached hydrogens (tertiary/aromatic N) is 5. The van der Waals surface area contributed by atoms with Crippen molar-refractivity contribution in [1.82, 2.24) is 34.8 Å². The number of alkyl halides is 2. The van der Waals surface area contributed by atoms with Crippen LogP contribution in [0.2, 0.25) is 0 Å². The van der Waals surface area contributed by atoms with E-state index in [-0.39, 0.29) is 31.1 Å². The molecule has 0 saturated carbocycles. The van der Waals surface area contributed by atoms with Gasteiger partial charge in [0.2, 0.25) is 5.88 Å². The molecule has 0 aliphatic heterocycles. The minimum absolute atomic E-state index is 0.217. The van der Waals surface area contributed by atoms with Crippen LogP contribution in [-0.4, -0.2) is 42.5 Å². The monoisotopic (exact) mass is 442 g/mol. The minimum atomic E-state index is -2.41. The quantitative estimate of drug-likeness (QED) is 0.377. The number of ether oxygens (including phenoxy) is 1. The number of halogens is 2. The maximum absolute atomic E-state index is 12.3. The lowest BCUT2D eigenvalue weighted by molar-refractivity contribution is 0.145. The Morgan fingerprint density at radius 2 is 2.03 bits per heavy atom. The summed E-state index contributed by atoms with van der Waals surface area (Å²) in [5, 5.41) is 2.61. The van der Waals surface area contributed by atoms with Gasteiger partial charge in [-0.25, -0.2) is 28.5 Å². The van der Waals surface area contributed by atoms with Crippen LogP contribution in [0.15, 0.2) is 41.5 Å². The number of fused-ring (bicyclic) bond motifs is 1. The van der Waals surface area contributed by atoms with Gasteiger partial charge in [0.1, 0.15) is 17.1 Å². The summed E-state index contributed by atoms with van der Waals surface area (Å²) in [5.74, 6) is 1.48. The highest BCUT2D eigenvalue weighted by Crippen LogP contribution is 2.20. The molecule has 32 heavy (non-hydrogen) atoms. The second-order valence-corrected chi connectivity index (χ2v) is 6.98. The number of H-pyrrole nitrogens is 1. The van der Waals surface area contributed by atoms with Crippen molar-refractivity contribution in [2.45, 2.75) is 26.4 Å². The van der Waals surface area contributed by atoms with Crippen molar-refractivity contribution in [3.63, 3.8) is 0 Å². The summed E-state index contributed by atoms with van der Waals surface area (Å²) in [6, 6.07) is 6.81. The van der Waals surface area contributed by atoms with Gasteiger partial charge < -0.3 is 20.8 Å². The number of aromatic nitrogens is 6. The number of rotatable bonds is 8. The normalized spacial score (nSPS) is 11.4. The first-order chi connectivity index (χ1) is 15.4. The van der Waals surface area contributed by atoms with Crippen molar-refractivity contribution in [2.75, 3.05) is 12.3 Å². The molecule has 0 aromatic carbocycles. The van der Waals surface area contributed by atoms with Crippen LogP contribution in [-0.2, 0) is 13.1 Å². The van der Waals surface area contributed by atoms with Crippen LogP contribution >= 0.6 is 0 Å². The topological polar surface area (TPSA) is 137 Å². The third kappa shape index (κ3) is 4.86. The molecule has 4 heterocycles. The van der Waals surface area contributed by atoms with E-state index in [2.05, 4.69) is 30.2 Å². The van der Waals surface area contributed by atoms with E-state index in [9.17, 15) is 13.6 Å². The molecule has 0 spiro atoms. The van der Waals surface area contributed by atoms with Gasteiger partial charge in [-0.2, -0.15) is 0 Å². The predicted molar refractivity (Wildman–Crippen MR) is 113 cm³/mol. The molecule has 4 aromatic rings. The van der Waals surface area contributed by atoms with E-state index in [1.54, 1.807) is 37.4 Å². The summed E-state index contributed by atoms with van der Waals surface area (Å²) in [7, 11) is 0. The molecule has 0 saturated heterocycles. The number of anilines is 1. The number of hydrogen-bond donors (Lipinski definition) is 3. The van der Waals surface area contributed by atoms with Gasteiger partial charge >= 0.3 is 5.69 Å². The lowest BCUT2D eigenvalue weighted by Crippen LogP contribution is -2.21. The summed E-state index contributed by atoms with van der Waals surface area (Å²) in [5.41, 5.74) is 7.72. The molecule has 166 valence electrons. The van der Waals surface area contributed by atoms with Gasteiger partial charge in [0.05, 0.1) is 25.0 Å². The van der Waals surface area contributed by atoms with Gasteiger partial charge in [0.15, 0.2) is 11.5 Å². The molecule has 0 radical (unpaired) electrons. The summed E-state index contributed by atoms with van der Waals surface area (Å²) in [6.45, 7) is 1.79. The Balaban J connectivity index is 1.42. The first kappa shape index (κ1) is 21.3. The number of aromatic amines is 1. The van der Waals surface area contributed by atoms with Crippen molar-refractivity contribution >= 4 is 17.0 Å². The average Bonchev–Trinajstić information content (AvgIpc) is 3.06. The first-order valence-electron chi connectivity index (χ1n) is 9.68. The molecule has 0 bridgehead atoms. The SMILES string of the molecule is Cc1nc(N)c2[nH]c(=O)n(Cc3ccc(Oc4ccc(CNCC(F)F)nc4)nc3)c2n1. The Morgan fingerprint density at radius 1 is 1.19 bits per heavy atom. The maximum Gasteiger partial charge on any atom is 0.328 e. The molecular formula is C20H20F2N8O2. The summed E-state index contributed by atoms with van der Waals surface area (Å²) >= 11 is 0. The molecule has 0 aliphatic carbocycles. The standard InChI is InChI=1S/C20H20F2N8O2/c1-11-27-18(23)17-19(28-11)30(20(31)29-17)10-12-2-5-16(26-6-12)32-14-4-3-13(25-8-14)7-24-9-15(21)22/h2-6,8,15,24H,7,9-10H2,1H3,(H,29,31)(H2,23,27,28). The van der Waals surface area contributed by atoms with Crippen LogP contribution in [0.25, 0.3) is 11.2 Å². The van der Waals surface area contributed by atoms with Crippen molar-refractivity contribution in [2.24, 2.45) is 0 Å². The van der Waals surface area contributed by atoms with Gasteiger partial charge in [-0.3, -0.25) is 9.55 Å². The third-order valence-electron chi connectivity index (χ3n) is 4.53. The number of nitrogen functional groups attached to an aromatic ring is 1. The highest BCUT2D eigenvalue weighted by molar-refractivity contribution is 5.81. The molecule has 0 aliphatic rings. The Kier molecular flexibility index (Phi) is 6.03. The van der Waals surface area contributed by atoms with Crippen molar-refractivity contribution in [3.8, 4) is 11.6 Å². The van der Waals surface area contributed by atoms with Gasteiger partial charge in [-0.05, 0) is 24.6 Å². The van der Waals surface area contributed by atoms with Crippen molar-refractivity contribution < 1.29 is 13.5 Å². The number of nitrogens with one attached hydrogen (secondary N) is 2. The highest BCUT2D eigenvalue weighted by atomic mass is 19.3. The Labute approximate surface area is 180 Å². The van der Waals surface area contributed by atoms with Gasteiger partial charge in [0.25, 0.3) is 6.43 Å². The Bertz CT molecular complexity index is 1270. The molecule has 4 N–H and O–H groups in total. The van der Waals surface area contributed by atoms with Crippen molar-refractivity contribution in [1.29, 1.82) is 0 Å². The second kappa shape index (κ2) is 9.06. The van der Waals surface area contributed by atoms with Gasteiger partial charge in [-0.15, -0.1) is 0 Å². The lowest BCUT2D eigenvalue weighted by atomic mass is 10.3. The average molecular weight is 442 g/mol. The fraction of sp³-hybridized carbons (Fsp3) is 0.250. The molecule has 0 fully saturated rings. The molecule has 0 amide bonds. The lowest BCUT2D eigenvalue weighted by Gasteiger charge is -2.08. The molecular weight excluding hydrogens is 422 g/mol. The fourth-order valence-corrected chi connectivity index (χ4v) is 3.06. The zero-order chi connectivity index (χ0) is 22.7. The van der Waals surface area contributed by atoms with Gasteiger partial charge in [0, 0.05) is 18.8 Å². The molecule has 0 atom stereocenters. The van der Waals surface area contributed by atoms with Crippen LogP contribution < -0.4 is 21.5 Å². The minimum Gasteiger partial charge on any atom is -0.437 e. The largest absolute Gasteiger partial charge is 0.437 e. The molecule has 0 unspecified atom stereocenters. The van der Waals surface area contributed by atoms with Crippen LogP contribution in [0.5, 0.6) is 11.6 Å². The number of aryl methyl sites for hydroxylation is 1. The number of pyridine rings is 2. The van der Waals surface area contributed by atoms with E-state index in [4.69, 9.17) is 10.5 Å². The zero-order valence-corrected chi connectivity index (χ0v) is 17.0. The smallest absolute Gasteiger partial charge is 0.328 e. The number of nitrogens with two attached hydrogens (primary N) is 1. The molecule has 12 heteroatoms. The number of hydrogen-bond acceptors (Lipinski definition) is 8. The van der Waals surface area contributed by atoms with E-state index in [0.29, 0.717) is 34.3 Å². The van der Waals surface area contributed by atoms with E-state index in [0.717, 1.165) is 5.56 Å². The molecule has 10 nitrogen and oxygen atoms in total. The maximum atomic E-state index is 12.3. The Hall–Kier alpha value is -3.93. The van der Waals surface area contributed by atoms with Crippen LogP contribution in [0.1, 0.15) is 17.1 Å². The van der Waals surface area contributed by atoms with Crippen molar-refractivity contribution in [3.05, 3.63) is 64.2 Å². The van der Waals surface area contributed by atoms with E-state index < -0.39 is 6.43 Å². The van der Waals surface area contributed by atoms with E-state index in [1.807, 2.05) is 0 Å². The van der Waals surface area contributed by atoms with Crippen LogP contribution in [0, 0.1) is 6.92 Å². The second-order valence-electron chi connectivity index (χ2n) is 6.98. The molecule has 4 aromatic heterocycles. The summed E-state index contributed by atoms with van der Waals surface area (Å²) in [6.07, 6.45) is 0.679. The Morgan fingerprint density at radius 3 is 2.72 bits per heavy atom. The van der Waals surface area contributed by atoms with Crippen LogP contribution in [0.4, 0.5) is 14.6 Å². The van der Waals surface area contributed by atoms with Crippen LogP contribution in [0.3, 0.4) is 0 Å². The number of imidazole rings is 1.